The number of nitrogens with one attached hydrogen (secondary N) is 1. The predicted molar refractivity (Wildman–Crippen MR) is 69.1 cm³/mol. The molecular weight excluding hydrogens is 272 g/mol. The molecule has 6 nitrogen and oxygen atoms in total. The SMILES string of the molecule is CCCCC(N)C(=O)Nc1c([N+](=O)[O-])ccc(F)c1F. The molecule has 0 aromatic heterocycles. The van der Waals surface area contributed by atoms with Crippen molar-refractivity contribution in [3.8, 4) is 0 Å². The minimum absolute atomic E-state index is 0.354. The summed E-state index contributed by atoms with van der Waals surface area (Å²) in [4.78, 5) is 21.5. The third kappa shape index (κ3) is 3.70. The number of anilines is 1. The van der Waals surface area contributed by atoms with Gasteiger partial charge in [-0.1, -0.05) is 19.8 Å². The number of nitrogens with two attached hydrogens (primary N) is 1. The number of benzene rings is 1. The molecule has 0 aliphatic rings. The lowest BCUT2D eigenvalue weighted by atomic mass is 10.1. The van der Waals surface area contributed by atoms with E-state index in [2.05, 4.69) is 0 Å². The van der Waals surface area contributed by atoms with Gasteiger partial charge in [-0.05, 0) is 12.5 Å². The topological polar surface area (TPSA) is 98.3 Å². The molecule has 1 unspecified atom stereocenters. The molecule has 1 amide bonds. The van der Waals surface area contributed by atoms with Crippen LogP contribution in [0.15, 0.2) is 12.1 Å². The summed E-state index contributed by atoms with van der Waals surface area (Å²) in [5.41, 5.74) is 4.05. The zero-order valence-electron chi connectivity index (χ0n) is 10.9. The number of hydrogen-bond acceptors (Lipinski definition) is 4. The maximum atomic E-state index is 13.6. The van der Waals surface area contributed by atoms with E-state index in [1.807, 2.05) is 12.2 Å². The number of nitro benzene ring substituents is 1. The normalized spacial score (nSPS) is 12.0. The van der Waals surface area contributed by atoms with Crippen LogP contribution in [-0.4, -0.2) is 16.9 Å². The Hall–Kier alpha value is -2.09. The van der Waals surface area contributed by atoms with Crippen LogP contribution < -0.4 is 11.1 Å². The fraction of sp³-hybridized carbons (Fsp3) is 0.417. The van der Waals surface area contributed by atoms with Crippen LogP contribution in [0.5, 0.6) is 0 Å². The molecule has 1 rings (SSSR count). The third-order valence-electron chi connectivity index (χ3n) is 2.72. The number of carbonyl (C=O) groups is 1. The molecule has 0 aliphatic carbocycles. The smallest absolute Gasteiger partial charge is 0.296 e. The highest BCUT2D eigenvalue weighted by molar-refractivity contribution is 5.96. The summed E-state index contributed by atoms with van der Waals surface area (Å²) in [6, 6.07) is 0.475. The first-order chi connectivity index (χ1) is 9.38. The van der Waals surface area contributed by atoms with Crippen molar-refractivity contribution in [1.82, 2.24) is 0 Å². The number of amides is 1. The van der Waals surface area contributed by atoms with Crippen molar-refractivity contribution < 1.29 is 18.5 Å². The first kappa shape index (κ1) is 16.0. The zero-order chi connectivity index (χ0) is 15.3. The van der Waals surface area contributed by atoms with E-state index >= 15 is 0 Å². The fourth-order valence-electron chi connectivity index (χ4n) is 1.58. The van der Waals surface area contributed by atoms with Gasteiger partial charge < -0.3 is 11.1 Å². The van der Waals surface area contributed by atoms with Crippen LogP contribution in [0, 0.1) is 21.7 Å². The molecule has 1 aromatic rings. The standard InChI is InChI=1S/C12H15F2N3O3/c1-2-3-4-8(15)12(18)16-11-9(17(19)20)6-5-7(13)10(11)14/h5-6,8H,2-4,15H2,1H3,(H,16,18). The summed E-state index contributed by atoms with van der Waals surface area (Å²) in [6.45, 7) is 1.90. The molecule has 0 heterocycles. The lowest BCUT2D eigenvalue weighted by Gasteiger charge is -2.12. The van der Waals surface area contributed by atoms with Crippen molar-refractivity contribution in [2.24, 2.45) is 5.73 Å². The minimum atomic E-state index is -1.48. The largest absolute Gasteiger partial charge is 0.320 e. The van der Waals surface area contributed by atoms with Gasteiger partial charge in [-0.3, -0.25) is 14.9 Å². The number of rotatable bonds is 6. The van der Waals surface area contributed by atoms with Crippen molar-refractivity contribution in [3.05, 3.63) is 33.9 Å². The van der Waals surface area contributed by atoms with Crippen LogP contribution in [-0.2, 0) is 4.79 Å². The molecule has 1 atom stereocenters. The number of halogens is 2. The van der Waals surface area contributed by atoms with Gasteiger partial charge in [0.15, 0.2) is 17.3 Å². The van der Waals surface area contributed by atoms with Gasteiger partial charge >= 0.3 is 0 Å². The van der Waals surface area contributed by atoms with E-state index in [0.717, 1.165) is 12.5 Å². The predicted octanol–water partition coefficient (Wildman–Crippen LogP) is 2.33. The number of hydrogen-bond donors (Lipinski definition) is 2. The van der Waals surface area contributed by atoms with E-state index in [0.29, 0.717) is 18.9 Å². The zero-order valence-corrected chi connectivity index (χ0v) is 10.9. The van der Waals surface area contributed by atoms with Crippen LogP contribution in [0.2, 0.25) is 0 Å². The van der Waals surface area contributed by atoms with Crippen molar-refractivity contribution in [1.29, 1.82) is 0 Å². The van der Waals surface area contributed by atoms with E-state index in [4.69, 9.17) is 5.73 Å². The Morgan fingerprint density at radius 3 is 2.70 bits per heavy atom. The average Bonchev–Trinajstić information content (AvgIpc) is 2.40. The maximum absolute atomic E-state index is 13.6. The Morgan fingerprint density at radius 1 is 1.50 bits per heavy atom. The van der Waals surface area contributed by atoms with Gasteiger partial charge in [-0.2, -0.15) is 0 Å². The lowest BCUT2D eigenvalue weighted by molar-refractivity contribution is -0.384. The van der Waals surface area contributed by atoms with Gasteiger partial charge in [0.1, 0.15) is 0 Å². The molecule has 0 spiro atoms. The molecular formula is C12H15F2N3O3. The summed E-state index contributed by atoms with van der Waals surface area (Å²) in [5, 5.41) is 12.7. The molecule has 0 radical (unpaired) electrons. The van der Waals surface area contributed by atoms with E-state index < -0.39 is 39.9 Å². The second-order valence-electron chi connectivity index (χ2n) is 4.25. The van der Waals surface area contributed by atoms with Crippen molar-refractivity contribution in [2.75, 3.05) is 5.32 Å². The Balaban J connectivity index is 2.99. The van der Waals surface area contributed by atoms with Crippen molar-refractivity contribution in [3.63, 3.8) is 0 Å². The Morgan fingerprint density at radius 2 is 2.15 bits per heavy atom. The molecule has 0 bridgehead atoms. The van der Waals surface area contributed by atoms with Gasteiger partial charge in [-0.15, -0.1) is 0 Å². The molecule has 0 saturated carbocycles. The third-order valence-corrected chi connectivity index (χ3v) is 2.72. The first-order valence-electron chi connectivity index (χ1n) is 6.07. The van der Waals surface area contributed by atoms with Gasteiger partial charge in [0, 0.05) is 6.07 Å². The summed E-state index contributed by atoms with van der Waals surface area (Å²) >= 11 is 0. The molecule has 20 heavy (non-hydrogen) atoms. The minimum Gasteiger partial charge on any atom is -0.320 e. The van der Waals surface area contributed by atoms with E-state index in [-0.39, 0.29) is 0 Å². The van der Waals surface area contributed by atoms with E-state index in [1.54, 1.807) is 0 Å². The van der Waals surface area contributed by atoms with Crippen molar-refractivity contribution in [2.45, 2.75) is 32.2 Å². The molecule has 8 heteroatoms. The molecule has 0 saturated heterocycles. The van der Waals surface area contributed by atoms with Gasteiger partial charge in [0.05, 0.1) is 11.0 Å². The molecule has 110 valence electrons. The van der Waals surface area contributed by atoms with E-state index in [9.17, 15) is 23.7 Å². The highest BCUT2D eigenvalue weighted by atomic mass is 19.2. The summed E-state index contributed by atoms with van der Waals surface area (Å²) in [7, 11) is 0. The van der Waals surface area contributed by atoms with Crippen LogP contribution in [0.4, 0.5) is 20.2 Å². The Kier molecular flexibility index (Phi) is 5.51. The second kappa shape index (κ2) is 6.90. The monoisotopic (exact) mass is 287 g/mol. The number of nitro groups is 1. The number of nitrogens with zero attached hydrogens (tertiary/aromatic N) is 1. The number of unbranched alkanes of at least 4 members (excludes halogenated alkanes) is 1. The first-order valence-corrected chi connectivity index (χ1v) is 6.07. The highest BCUT2D eigenvalue weighted by Gasteiger charge is 2.25. The maximum Gasteiger partial charge on any atom is 0.296 e. The van der Waals surface area contributed by atoms with Gasteiger partial charge in [0.2, 0.25) is 5.91 Å². The molecule has 1 aromatic carbocycles. The van der Waals surface area contributed by atoms with Crippen molar-refractivity contribution >= 4 is 17.3 Å². The quantitative estimate of drug-likeness (QED) is 0.619. The molecule has 0 fully saturated rings. The Labute approximate surface area is 114 Å². The lowest BCUT2D eigenvalue weighted by Crippen LogP contribution is -2.36. The highest BCUT2D eigenvalue weighted by Crippen LogP contribution is 2.29. The van der Waals surface area contributed by atoms with Gasteiger partial charge in [0.25, 0.3) is 5.69 Å². The number of carbonyl (C=O) groups excluding carboxylic acids is 1. The molecule has 0 aliphatic heterocycles. The summed E-state index contributed by atoms with van der Waals surface area (Å²) in [5.74, 6) is -3.55. The molecule has 3 N–H and O–H groups in total. The fourth-order valence-corrected chi connectivity index (χ4v) is 1.58. The van der Waals surface area contributed by atoms with Crippen LogP contribution >= 0.6 is 0 Å². The average molecular weight is 287 g/mol. The van der Waals surface area contributed by atoms with Crippen LogP contribution in [0.1, 0.15) is 26.2 Å². The summed E-state index contributed by atoms with van der Waals surface area (Å²) < 4.78 is 26.7. The summed E-state index contributed by atoms with van der Waals surface area (Å²) in [6.07, 6.45) is 1.85. The van der Waals surface area contributed by atoms with Gasteiger partial charge in [-0.25, -0.2) is 8.78 Å². The second-order valence-corrected chi connectivity index (χ2v) is 4.25. The van der Waals surface area contributed by atoms with Crippen LogP contribution in [0.25, 0.3) is 0 Å². The van der Waals surface area contributed by atoms with Crippen LogP contribution in [0.3, 0.4) is 0 Å². The van der Waals surface area contributed by atoms with E-state index in [1.165, 1.54) is 0 Å². The Bertz CT molecular complexity index is 523.